The highest BCUT2D eigenvalue weighted by molar-refractivity contribution is 7.11. The minimum Gasteiger partial charge on any atom is -0.366 e. The summed E-state index contributed by atoms with van der Waals surface area (Å²) in [4.78, 5) is 41.8. The maximum Gasteiger partial charge on any atom is 0.443 e. The van der Waals surface area contributed by atoms with Gasteiger partial charge in [-0.1, -0.05) is 6.58 Å². The van der Waals surface area contributed by atoms with Crippen LogP contribution in [0.3, 0.4) is 0 Å². The number of nitrogens with one attached hydrogen (secondary N) is 3. The molecular formula is C21H22F3N7O2S. The maximum absolute atomic E-state index is 12.9. The molecule has 0 aromatic carbocycles. The monoisotopic (exact) mass is 493 g/mol. The van der Waals surface area contributed by atoms with Crippen molar-refractivity contribution in [1.82, 2.24) is 30.2 Å². The molecule has 1 aliphatic rings. The predicted molar refractivity (Wildman–Crippen MR) is 120 cm³/mol. The lowest BCUT2D eigenvalue weighted by Gasteiger charge is -2.31. The molecule has 0 aliphatic carbocycles. The van der Waals surface area contributed by atoms with Gasteiger partial charge in [-0.05, 0) is 25.8 Å². The third kappa shape index (κ3) is 5.03. The second-order valence-electron chi connectivity index (χ2n) is 7.81. The normalized spacial score (nSPS) is 14.9. The maximum atomic E-state index is 12.9. The van der Waals surface area contributed by atoms with Crippen molar-refractivity contribution in [2.45, 2.75) is 38.5 Å². The van der Waals surface area contributed by atoms with Gasteiger partial charge in [-0.15, -0.1) is 11.3 Å². The molecule has 1 aliphatic heterocycles. The fourth-order valence-corrected chi connectivity index (χ4v) is 4.55. The molecular weight excluding hydrogens is 471 g/mol. The highest BCUT2D eigenvalue weighted by Gasteiger charge is 2.35. The van der Waals surface area contributed by atoms with Crippen molar-refractivity contribution in [2.75, 3.05) is 18.4 Å². The number of thiazole rings is 1. The number of piperidine rings is 1. The minimum absolute atomic E-state index is 0.0849. The van der Waals surface area contributed by atoms with Crippen LogP contribution in [0.4, 0.5) is 19.0 Å². The van der Waals surface area contributed by atoms with Crippen molar-refractivity contribution in [3.63, 3.8) is 0 Å². The Kier molecular flexibility index (Phi) is 6.55. The Morgan fingerprint density at radius 1 is 1.32 bits per heavy atom. The zero-order valence-corrected chi connectivity index (χ0v) is 19.0. The Hall–Kier alpha value is -3.48. The van der Waals surface area contributed by atoms with Crippen LogP contribution in [0.25, 0.3) is 11.2 Å². The largest absolute Gasteiger partial charge is 0.443 e. The Bertz CT molecular complexity index is 1230. The van der Waals surface area contributed by atoms with E-state index in [1.54, 1.807) is 11.1 Å². The smallest absolute Gasteiger partial charge is 0.366 e. The summed E-state index contributed by atoms with van der Waals surface area (Å²) in [5.74, 6) is -0.0936. The van der Waals surface area contributed by atoms with E-state index in [0.717, 1.165) is 12.8 Å². The van der Waals surface area contributed by atoms with Gasteiger partial charge >= 0.3 is 6.18 Å². The lowest BCUT2D eigenvalue weighted by Crippen LogP contribution is -2.41. The molecule has 0 unspecified atom stereocenters. The number of carbonyl (C=O) groups is 2. The van der Waals surface area contributed by atoms with Gasteiger partial charge in [-0.3, -0.25) is 9.59 Å². The number of carbonyl (C=O) groups excluding carboxylic acids is 2. The number of aryl methyl sites for hydroxylation is 1. The van der Waals surface area contributed by atoms with Crippen LogP contribution >= 0.6 is 11.3 Å². The second kappa shape index (κ2) is 9.41. The van der Waals surface area contributed by atoms with E-state index in [4.69, 9.17) is 0 Å². The van der Waals surface area contributed by atoms with E-state index < -0.39 is 17.1 Å². The number of aromatic nitrogens is 4. The fraction of sp³-hybridized carbons (Fsp3) is 0.381. The molecule has 1 saturated heterocycles. The number of anilines is 1. The van der Waals surface area contributed by atoms with Crippen LogP contribution in [0.5, 0.6) is 0 Å². The summed E-state index contributed by atoms with van der Waals surface area (Å²) >= 11 is 0.508. The van der Waals surface area contributed by atoms with Crippen LogP contribution in [0.1, 0.15) is 38.8 Å². The Morgan fingerprint density at radius 3 is 2.71 bits per heavy atom. The van der Waals surface area contributed by atoms with Crippen LogP contribution in [0.15, 0.2) is 25.0 Å². The van der Waals surface area contributed by atoms with Gasteiger partial charge < -0.3 is 20.5 Å². The van der Waals surface area contributed by atoms with E-state index in [-0.39, 0.29) is 29.8 Å². The van der Waals surface area contributed by atoms with Gasteiger partial charge in [0.15, 0.2) is 10.7 Å². The van der Waals surface area contributed by atoms with Gasteiger partial charge in [0.05, 0.1) is 24.0 Å². The molecule has 3 aromatic heterocycles. The molecule has 2 amide bonds. The molecule has 0 atom stereocenters. The van der Waals surface area contributed by atoms with Crippen molar-refractivity contribution >= 4 is 40.1 Å². The van der Waals surface area contributed by atoms with Gasteiger partial charge in [0.2, 0.25) is 5.91 Å². The first-order valence-corrected chi connectivity index (χ1v) is 11.3. The van der Waals surface area contributed by atoms with E-state index >= 15 is 0 Å². The summed E-state index contributed by atoms with van der Waals surface area (Å²) in [6, 6.07) is 0.0916. The van der Waals surface area contributed by atoms with Crippen LogP contribution in [-0.2, 0) is 17.5 Å². The molecule has 9 nitrogen and oxygen atoms in total. The number of amides is 2. The lowest BCUT2D eigenvalue weighted by atomic mass is 10.1. The van der Waals surface area contributed by atoms with Gasteiger partial charge in [0.1, 0.15) is 11.3 Å². The zero-order valence-electron chi connectivity index (χ0n) is 18.2. The number of hydrogen-bond donors (Lipinski definition) is 3. The average molecular weight is 494 g/mol. The summed E-state index contributed by atoms with van der Waals surface area (Å²) in [7, 11) is 0. The molecule has 3 aromatic rings. The Labute approximate surface area is 196 Å². The van der Waals surface area contributed by atoms with E-state index in [2.05, 4.69) is 37.1 Å². The van der Waals surface area contributed by atoms with Crippen molar-refractivity contribution in [1.29, 1.82) is 0 Å². The van der Waals surface area contributed by atoms with E-state index in [9.17, 15) is 22.8 Å². The molecule has 0 spiro atoms. The number of aromatic amines is 1. The van der Waals surface area contributed by atoms with Gasteiger partial charge in [-0.25, -0.2) is 15.0 Å². The second-order valence-corrected chi connectivity index (χ2v) is 8.89. The average Bonchev–Trinajstić information content (AvgIpc) is 3.40. The number of halogens is 3. The van der Waals surface area contributed by atoms with Crippen LogP contribution in [0, 0.1) is 6.92 Å². The number of alkyl halides is 3. The van der Waals surface area contributed by atoms with Crippen molar-refractivity contribution < 1.29 is 22.8 Å². The summed E-state index contributed by atoms with van der Waals surface area (Å²) in [6.45, 7) is 6.09. The molecule has 13 heteroatoms. The molecule has 0 bridgehead atoms. The summed E-state index contributed by atoms with van der Waals surface area (Å²) in [6.07, 6.45) is 1.26. The molecule has 0 saturated carbocycles. The molecule has 4 rings (SSSR count). The van der Waals surface area contributed by atoms with Crippen molar-refractivity contribution in [2.24, 2.45) is 0 Å². The van der Waals surface area contributed by atoms with Crippen molar-refractivity contribution in [3.8, 4) is 0 Å². The molecule has 0 radical (unpaired) electrons. The third-order valence-corrected chi connectivity index (χ3v) is 6.71. The van der Waals surface area contributed by atoms with Crippen molar-refractivity contribution in [3.05, 3.63) is 46.2 Å². The first-order valence-electron chi connectivity index (χ1n) is 10.5. The topological polar surface area (TPSA) is 116 Å². The molecule has 180 valence electrons. The minimum atomic E-state index is -4.52. The zero-order chi connectivity index (χ0) is 24.5. The highest BCUT2D eigenvalue weighted by Crippen LogP contribution is 2.34. The van der Waals surface area contributed by atoms with Gasteiger partial charge in [0.25, 0.3) is 5.91 Å². The number of likely N-dealkylation sites (tertiary alicyclic amines) is 1. The van der Waals surface area contributed by atoms with E-state index in [0.29, 0.717) is 46.3 Å². The number of rotatable bonds is 6. The molecule has 34 heavy (non-hydrogen) atoms. The number of nitrogens with zero attached hydrogens (tertiary/aromatic N) is 4. The molecule has 1 fully saturated rings. The Morgan fingerprint density at radius 2 is 2.06 bits per heavy atom. The fourth-order valence-electron chi connectivity index (χ4n) is 3.69. The summed E-state index contributed by atoms with van der Waals surface area (Å²) in [5, 5.41) is 4.98. The standard InChI is InChI=1S/C21H22F3N7O2S/c1-3-16(32)31-6-4-12(5-7-31)29-15-10-26-18-17(30-15)13(8-25-18)19(33)27-9-14-11(2)28-20(34-14)21(22,23)24/h3,8,10,12H,1,4-7,9H2,2H3,(H,25,26)(H,27,33)(H,29,30). The molecule has 3 N–H and O–H groups in total. The SMILES string of the molecule is C=CC(=O)N1CCC(Nc2cnc3[nH]cc(C(=O)NCc4sc(C(F)(F)F)nc4C)c3n2)CC1. The lowest BCUT2D eigenvalue weighted by molar-refractivity contribution is -0.137. The van der Waals surface area contributed by atoms with Crippen LogP contribution < -0.4 is 10.6 Å². The van der Waals surface area contributed by atoms with Crippen LogP contribution in [0.2, 0.25) is 0 Å². The summed E-state index contributed by atoms with van der Waals surface area (Å²) in [5.41, 5.74) is 1.22. The van der Waals surface area contributed by atoms with Gasteiger partial charge in [-0.2, -0.15) is 13.2 Å². The predicted octanol–water partition coefficient (Wildman–Crippen LogP) is 3.26. The molecule has 4 heterocycles. The third-order valence-electron chi connectivity index (χ3n) is 5.50. The summed E-state index contributed by atoms with van der Waals surface area (Å²) < 4.78 is 38.6. The number of fused-ring (bicyclic) bond motifs is 1. The number of H-pyrrole nitrogens is 1. The first kappa shape index (κ1) is 23.7. The number of hydrogen-bond acceptors (Lipinski definition) is 7. The Balaban J connectivity index is 1.42. The van der Waals surface area contributed by atoms with Gasteiger partial charge in [0, 0.05) is 30.2 Å². The van der Waals surface area contributed by atoms with E-state index in [1.807, 2.05) is 0 Å². The van der Waals surface area contributed by atoms with Crippen LogP contribution in [-0.4, -0.2) is 55.8 Å². The quantitative estimate of drug-likeness (QED) is 0.454. The highest BCUT2D eigenvalue weighted by atomic mass is 32.1. The van der Waals surface area contributed by atoms with E-state index in [1.165, 1.54) is 19.2 Å². The first-order chi connectivity index (χ1) is 16.2.